The number of hydrogen-bond donors (Lipinski definition) is 1. The highest BCUT2D eigenvalue weighted by Gasteiger charge is 2.06. The first kappa shape index (κ1) is 11.0. The van der Waals surface area contributed by atoms with E-state index in [0.717, 1.165) is 16.6 Å². The van der Waals surface area contributed by atoms with Gasteiger partial charge in [-0.15, -0.1) is 5.10 Å². The highest BCUT2D eigenvalue weighted by molar-refractivity contribution is 6.30. The predicted molar refractivity (Wildman–Crippen MR) is 72.5 cm³/mol. The van der Waals surface area contributed by atoms with Gasteiger partial charge in [0.2, 0.25) is 0 Å². The number of nitrogens with zero attached hydrogens (tertiary/aromatic N) is 3. The Kier molecular flexibility index (Phi) is 2.64. The maximum atomic E-state index is 5.94. The highest BCUT2D eigenvalue weighted by Crippen LogP contribution is 2.20. The van der Waals surface area contributed by atoms with Gasteiger partial charge in [0.1, 0.15) is 5.52 Å². The Morgan fingerprint density at radius 3 is 2.83 bits per heavy atom. The fourth-order valence-corrected chi connectivity index (χ4v) is 2.09. The van der Waals surface area contributed by atoms with Gasteiger partial charge in [-0.1, -0.05) is 35.0 Å². The highest BCUT2D eigenvalue weighted by atomic mass is 35.5. The van der Waals surface area contributed by atoms with E-state index in [1.807, 2.05) is 41.1 Å². The molecule has 90 valence electrons. The Balaban J connectivity index is 2.01. The summed E-state index contributed by atoms with van der Waals surface area (Å²) < 4.78 is 1.83. The Labute approximate surface area is 109 Å². The average molecular weight is 259 g/mol. The second-order valence-electron chi connectivity index (χ2n) is 4.08. The van der Waals surface area contributed by atoms with Gasteiger partial charge < -0.3 is 5.73 Å². The molecule has 0 bridgehead atoms. The molecule has 4 nitrogen and oxygen atoms in total. The van der Waals surface area contributed by atoms with Crippen LogP contribution in [0.2, 0.25) is 5.02 Å². The molecule has 0 spiro atoms. The smallest absolute Gasteiger partial charge is 0.113 e. The molecule has 5 heteroatoms. The molecule has 0 aliphatic rings. The van der Waals surface area contributed by atoms with Crippen LogP contribution in [0.15, 0.2) is 42.5 Å². The molecule has 0 fully saturated rings. The van der Waals surface area contributed by atoms with Gasteiger partial charge in [-0.3, -0.25) is 0 Å². The van der Waals surface area contributed by atoms with Gasteiger partial charge in [0, 0.05) is 10.7 Å². The molecular weight excluding hydrogens is 248 g/mol. The first-order chi connectivity index (χ1) is 8.74. The zero-order valence-electron chi connectivity index (χ0n) is 9.55. The number of halogens is 1. The van der Waals surface area contributed by atoms with Crippen molar-refractivity contribution in [3.63, 3.8) is 0 Å². The minimum atomic E-state index is 0.587. The minimum Gasteiger partial charge on any atom is -0.398 e. The van der Waals surface area contributed by atoms with Gasteiger partial charge >= 0.3 is 0 Å². The molecule has 18 heavy (non-hydrogen) atoms. The molecule has 0 saturated carbocycles. The van der Waals surface area contributed by atoms with Crippen LogP contribution in [0.3, 0.4) is 0 Å². The lowest BCUT2D eigenvalue weighted by Crippen LogP contribution is -2.04. The second-order valence-corrected chi connectivity index (χ2v) is 4.52. The van der Waals surface area contributed by atoms with E-state index in [4.69, 9.17) is 17.3 Å². The van der Waals surface area contributed by atoms with E-state index >= 15 is 0 Å². The molecule has 0 unspecified atom stereocenters. The monoisotopic (exact) mass is 258 g/mol. The van der Waals surface area contributed by atoms with Crippen molar-refractivity contribution in [2.75, 3.05) is 5.73 Å². The summed E-state index contributed by atoms with van der Waals surface area (Å²) in [5.74, 6) is 0. The summed E-state index contributed by atoms with van der Waals surface area (Å²) >= 11 is 5.88. The third kappa shape index (κ3) is 1.91. The Bertz CT molecular complexity index is 705. The average Bonchev–Trinajstić information content (AvgIpc) is 2.76. The van der Waals surface area contributed by atoms with E-state index in [0.29, 0.717) is 17.3 Å². The van der Waals surface area contributed by atoms with Crippen molar-refractivity contribution in [3.8, 4) is 0 Å². The van der Waals surface area contributed by atoms with E-state index in [-0.39, 0.29) is 0 Å². The van der Waals surface area contributed by atoms with Crippen LogP contribution in [-0.2, 0) is 6.54 Å². The molecular formula is C13H11ClN4. The zero-order chi connectivity index (χ0) is 12.5. The van der Waals surface area contributed by atoms with Gasteiger partial charge in [0.05, 0.1) is 12.1 Å². The number of hydrogen-bond acceptors (Lipinski definition) is 3. The lowest BCUT2D eigenvalue weighted by Gasteiger charge is -2.06. The summed E-state index contributed by atoms with van der Waals surface area (Å²) in [5, 5.41) is 8.88. The number of nitrogens with two attached hydrogens (primary N) is 1. The van der Waals surface area contributed by atoms with Crippen molar-refractivity contribution >= 4 is 28.3 Å². The molecule has 3 rings (SSSR count). The molecule has 0 atom stereocenters. The molecule has 0 amide bonds. The number of para-hydroxylation sites is 1. The van der Waals surface area contributed by atoms with E-state index in [1.54, 1.807) is 6.07 Å². The number of benzene rings is 2. The largest absolute Gasteiger partial charge is 0.398 e. The molecule has 1 aromatic heterocycles. The maximum Gasteiger partial charge on any atom is 0.113 e. The third-order valence-electron chi connectivity index (χ3n) is 2.85. The van der Waals surface area contributed by atoms with Crippen LogP contribution in [0.25, 0.3) is 11.0 Å². The topological polar surface area (TPSA) is 56.7 Å². The summed E-state index contributed by atoms with van der Waals surface area (Å²) in [5.41, 5.74) is 9.46. The SMILES string of the molecule is Nc1cc(Cl)ccc1Cn1nnc2ccccc21. The third-order valence-corrected chi connectivity index (χ3v) is 3.08. The molecule has 0 saturated heterocycles. The van der Waals surface area contributed by atoms with Crippen LogP contribution in [0.1, 0.15) is 5.56 Å². The first-order valence-electron chi connectivity index (χ1n) is 5.56. The van der Waals surface area contributed by atoms with Crippen molar-refractivity contribution in [1.29, 1.82) is 0 Å². The standard InChI is InChI=1S/C13H11ClN4/c14-10-6-5-9(11(15)7-10)8-18-13-4-2-1-3-12(13)16-17-18/h1-7H,8,15H2. The van der Waals surface area contributed by atoms with Crippen molar-refractivity contribution in [3.05, 3.63) is 53.1 Å². The van der Waals surface area contributed by atoms with Crippen LogP contribution >= 0.6 is 11.6 Å². The van der Waals surface area contributed by atoms with Crippen molar-refractivity contribution in [2.24, 2.45) is 0 Å². The maximum absolute atomic E-state index is 5.94. The molecule has 2 N–H and O–H groups in total. The van der Waals surface area contributed by atoms with Crippen LogP contribution in [-0.4, -0.2) is 15.0 Å². The molecule has 1 heterocycles. The van der Waals surface area contributed by atoms with E-state index in [2.05, 4.69) is 10.3 Å². The van der Waals surface area contributed by atoms with Crippen molar-refractivity contribution in [2.45, 2.75) is 6.54 Å². The van der Waals surface area contributed by atoms with Crippen LogP contribution in [0, 0.1) is 0 Å². The van der Waals surface area contributed by atoms with E-state index in [9.17, 15) is 0 Å². The van der Waals surface area contributed by atoms with Gasteiger partial charge in [-0.2, -0.15) is 0 Å². The van der Waals surface area contributed by atoms with Crippen molar-refractivity contribution < 1.29 is 0 Å². The fourth-order valence-electron chi connectivity index (χ4n) is 1.91. The summed E-state index contributed by atoms with van der Waals surface area (Å²) in [6, 6.07) is 13.3. The number of rotatable bonds is 2. The van der Waals surface area contributed by atoms with Crippen LogP contribution in [0.5, 0.6) is 0 Å². The lowest BCUT2D eigenvalue weighted by atomic mass is 10.2. The van der Waals surface area contributed by atoms with E-state index in [1.165, 1.54) is 0 Å². The summed E-state index contributed by atoms with van der Waals surface area (Å²) in [4.78, 5) is 0. The van der Waals surface area contributed by atoms with Gasteiger partial charge in [-0.05, 0) is 29.8 Å². The summed E-state index contributed by atoms with van der Waals surface area (Å²) in [6.07, 6.45) is 0. The Hall–Kier alpha value is -2.07. The number of nitrogen functional groups attached to an aromatic ring is 1. The second kappa shape index (κ2) is 4.31. The molecule has 3 aromatic rings. The van der Waals surface area contributed by atoms with E-state index < -0.39 is 0 Å². The quantitative estimate of drug-likeness (QED) is 0.719. The van der Waals surface area contributed by atoms with Crippen LogP contribution < -0.4 is 5.73 Å². The number of fused-ring (bicyclic) bond motifs is 1. The molecule has 0 aliphatic heterocycles. The van der Waals surface area contributed by atoms with Gasteiger partial charge in [0.25, 0.3) is 0 Å². The van der Waals surface area contributed by atoms with Crippen molar-refractivity contribution in [1.82, 2.24) is 15.0 Å². The summed E-state index contributed by atoms with van der Waals surface area (Å²) in [6.45, 7) is 0.587. The molecule has 2 aromatic carbocycles. The zero-order valence-corrected chi connectivity index (χ0v) is 10.3. The predicted octanol–water partition coefficient (Wildman–Crippen LogP) is 2.72. The molecule has 0 aliphatic carbocycles. The normalized spacial score (nSPS) is 10.9. The Morgan fingerprint density at radius 1 is 1.17 bits per heavy atom. The lowest BCUT2D eigenvalue weighted by molar-refractivity contribution is 0.671. The van der Waals surface area contributed by atoms with Crippen LogP contribution in [0.4, 0.5) is 5.69 Å². The Morgan fingerprint density at radius 2 is 2.00 bits per heavy atom. The first-order valence-corrected chi connectivity index (χ1v) is 5.94. The number of aromatic nitrogens is 3. The summed E-state index contributed by atoms with van der Waals surface area (Å²) in [7, 11) is 0. The fraction of sp³-hybridized carbons (Fsp3) is 0.0769. The molecule has 0 radical (unpaired) electrons. The number of anilines is 1. The van der Waals surface area contributed by atoms with Gasteiger partial charge in [0.15, 0.2) is 0 Å². The minimum absolute atomic E-state index is 0.587. The van der Waals surface area contributed by atoms with Gasteiger partial charge in [-0.25, -0.2) is 4.68 Å².